The minimum Gasteiger partial charge on any atom is -0.490 e. The van der Waals surface area contributed by atoms with Crippen LogP contribution in [0.25, 0.3) is 10.8 Å². The van der Waals surface area contributed by atoms with Gasteiger partial charge in [-0.15, -0.1) is 0 Å². The number of ether oxygens (including phenoxy) is 2. The largest absolute Gasteiger partial charge is 0.490 e. The van der Waals surface area contributed by atoms with Crippen LogP contribution < -0.4 is 9.47 Å². The van der Waals surface area contributed by atoms with Crippen molar-refractivity contribution in [1.29, 1.82) is 0 Å². The van der Waals surface area contributed by atoms with Gasteiger partial charge in [-0.2, -0.15) is 10.1 Å². The molecule has 156 valence electrons. The summed E-state index contributed by atoms with van der Waals surface area (Å²) in [6.07, 6.45) is 3.14. The lowest BCUT2D eigenvalue weighted by Crippen LogP contribution is -2.36. The maximum atomic E-state index is 13.0. The number of amides is 2. The topological polar surface area (TPSA) is 68.2 Å². The second-order valence-electron chi connectivity index (χ2n) is 6.74. The summed E-state index contributed by atoms with van der Waals surface area (Å²) >= 11 is 2.15. The number of hydrogen-bond acceptors (Lipinski definition) is 5. The minimum absolute atomic E-state index is 0.352. The second-order valence-corrected chi connectivity index (χ2v) is 7.90. The highest BCUT2D eigenvalue weighted by Gasteiger charge is 2.32. The molecule has 0 N–H and O–H groups in total. The zero-order valence-electron chi connectivity index (χ0n) is 16.8. The number of benzene rings is 3. The number of carbonyl (C=O) groups is 2. The van der Waals surface area contributed by atoms with E-state index in [1.807, 2.05) is 25.1 Å². The van der Waals surface area contributed by atoms with Gasteiger partial charge in [0, 0.05) is 5.39 Å². The minimum atomic E-state index is -0.448. The fourth-order valence-electron chi connectivity index (χ4n) is 3.45. The van der Waals surface area contributed by atoms with Gasteiger partial charge in [-0.1, -0.05) is 36.9 Å². The molecule has 6 nitrogen and oxygen atoms in total. The first-order valence-corrected chi connectivity index (χ1v) is 10.8. The van der Waals surface area contributed by atoms with Gasteiger partial charge in [-0.05, 0) is 64.7 Å². The van der Waals surface area contributed by atoms with Crippen LogP contribution in [0.5, 0.6) is 11.5 Å². The van der Waals surface area contributed by atoms with E-state index in [1.54, 1.807) is 36.4 Å². The molecule has 0 unspecified atom stereocenters. The van der Waals surface area contributed by atoms with Crippen LogP contribution in [0.3, 0.4) is 0 Å². The first-order chi connectivity index (χ1) is 15.0. The third kappa shape index (κ3) is 3.93. The van der Waals surface area contributed by atoms with E-state index in [2.05, 4.69) is 34.3 Å². The Kier molecular flexibility index (Phi) is 6.03. The number of hydrazone groups is 1. The predicted octanol–water partition coefficient (Wildman–Crippen LogP) is 5.04. The third-order valence-corrected chi connectivity index (χ3v) is 5.55. The van der Waals surface area contributed by atoms with Crippen molar-refractivity contribution in [2.24, 2.45) is 5.10 Å². The molecule has 3 aromatic rings. The number of carbonyl (C=O) groups excluding carboxylic acids is 2. The molecule has 2 amide bonds. The maximum Gasteiger partial charge on any atom is 0.282 e. The summed E-state index contributed by atoms with van der Waals surface area (Å²) in [5.41, 5.74) is 1.60. The molecule has 3 aromatic carbocycles. The third-order valence-electron chi connectivity index (χ3n) is 4.75. The lowest BCUT2D eigenvalue weighted by molar-refractivity contribution is 0.0616. The van der Waals surface area contributed by atoms with Gasteiger partial charge in [0.25, 0.3) is 11.8 Å². The maximum absolute atomic E-state index is 13.0. The Labute approximate surface area is 193 Å². The van der Waals surface area contributed by atoms with Crippen LogP contribution in [0.2, 0.25) is 0 Å². The van der Waals surface area contributed by atoms with Crippen LogP contribution in [0.4, 0.5) is 0 Å². The van der Waals surface area contributed by atoms with Gasteiger partial charge in [0.1, 0.15) is 6.61 Å². The van der Waals surface area contributed by atoms with E-state index in [0.29, 0.717) is 46.8 Å². The number of imide groups is 1. The van der Waals surface area contributed by atoms with Crippen LogP contribution in [0.15, 0.2) is 66.3 Å². The highest BCUT2D eigenvalue weighted by Crippen LogP contribution is 2.34. The molecule has 7 heteroatoms. The van der Waals surface area contributed by atoms with Gasteiger partial charge in [-0.25, -0.2) is 0 Å². The van der Waals surface area contributed by atoms with E-state index in [9.17, 15) is 9.59 Å². The lowest BCUT2D eigenvalue weighted by atomic mass is 9.95. The summed E-state index contributed by atoms with van der Waals surface area (Å²) in [4.78, 5) is 26.0. The van der Waals surface area contributed by atoms with Crippen LogP contribution in [0, 0.1) is 3.57 Å². The molecule has 0 atom stereocenters. The monoisotopic (exact) mass is 526 g/mol. The zero-order chi connectivity index (χ0) is 22.0. The average Bonchev–Trinajstić information content (AvgIpc) is 2.77. The smallest absolute Gasteiger partial charge is 0.282 e. The van der Waals surface area contributed by atoms with Crippen molar-refractivity contribution >= 4 is 51.4 Å². The second kappa shape index (κ2) is 8.89. The van der Waals surface area contributed by atoms with E-state index in [4.69, 9.17) is 9.47 Å². The molecule has 0 bridgehead atoms. The summed E-state index contributed by atoms with van der Waals surface area (Å²) in [7, 11) is 0. The Morgan fingerprint density at radius 2 is 1.74 bits per heavy atom. The van der Waals surface area contributed by atoms with E-state index in [0.717, 1.165) is 14.0 Å². The standard InChI is InChI=1S/C24H19IN2O4/c1-3-11-31-22-19(25)12-15(13-20(22)30-4-2)14-26-27-23(28)17-9-5-7-16-8-6-10-18(21(16)17)24(27)29/h3,5-10,12-14H,1,4,11H2,2H3/b26-14-. The quantitative estimate of drug-likeness (QED) is 0.187. The summed E-state index contributed by atoms with van der Waals surface area (Å²) in [5, 5.41) is 6.66. The molecule has 1 heterocycles. The molecule has 0 aliphatic carbocycles. The fraction of sp³-hybridized carbons (Fsp3) is 0.125. The first kappa shape index (κ1) is 21.0. The van der Waals surface area contributed by atoms with Crippen molar-refractivity contribution in [2.45, 2.75) is 6.92 Å². The van der Waals surface area contributed by atoms with Crippen molar-refractivity contribution < 1.29 is 19.1 Å². The summed E-state index contributed by atoms with van der Waals surface area (Å²) in [6, 6.07) is 14.4. The van der Waals surface area contributed by atoms with Gasteiger partial charge in [0.05, 0.1) is 27.5 Å². The Balaban J connectivity index is 1.69. The molecule has 0 spiro atoms. The van der Waals surface area contributed by atoms with Crippen molar-refractivity contribution in [3.05, 3.63) is 81.4 Å². The van der Waals surface area contributed by atoms with E-state index in [-0.39, 0.29) is 0 Å². The number of hydrogen-bond donors (Lipinski definition) is 0. The van der Waals surface area contributed by atoms with Crippen LogP contribution in [0.1, 0.15) is 33.2 Å². The molecular formula is C24H19IN2O4. The number of nitrogens with zero attached hydrogens (tertiary/aromatic N) is 2. The zero-order valence-corrected chi connectivity index (χ0v) is 19.0. The van der Waals surface area contributed by atoms with Crippen molar-refractivity contribution in [3.63, 3.8) is 0 Å². The Morgan fingerprint density at radius 1 is 1.06 bits per heavy atom. The van der Waals surface area contributed by atoms with Gasteiger partial charge in [0.2, 0.25) is 0 Å². The highest BCUT2D eigenvalue weighted by molar-refractivity contribution is 14.1. The average molecular weight is 526 g/mol. The molecule has 31 heavy (non-hydrogen) atoms. The van der Waals surface area contributed by atoms with Crippen LogP contribution in [-0.2, 0) is 0 Å². The fourth-order valence-corrected chi connectivity index (χ4v) is 4.24. The van der Waals surface area contributed by atoms with Crippen molar-refractivity contribution in [1.82, 2.24) is 5.01 Å². The lowest BCUT2D eigenvalue weighted by Gasteiger charge is -2.23. The molecule has 0 radical (unpaired) electrons. The highest BCUT2D eigenvalue weighted by atomic mass is 127. The van der Waals surface area contributed by atoms with Crippen molar-refractivity contribution in [2.75, 3.05) is 13.2 Å². The Hall–Kier alpha value is -3.20. The normalized spacial score (nSPS) is 13.2. The van der Waals surface area contributed by atoms with Crippen molar-refractivity contribution in [3.8, 4) is 11.5 Å². The van der Waals surface area contributed by atoms with E-state index < -0.39 is 11.8 Å². The molecule has 0 aromatic heterocycles. The summed E-state index contributed by atoms with van der Waals surface area (Å²) < 4.78 is 12.2. The van der Waals surface area contributed by atoms with Gasteiger partial charge >= 0.3 is 0 Å². The first-order valence-electron chi connectivity index (χ1n) is 9.69. The number of halogens is 1. The van der Waals surface area contributed by atoms with Crippen LogP contribution in [-0.4, -0.2) is 36.3 Å². The molecule has 0 saturated heterocycles. The predicted molar refractivity (Wildman–Crippen MR) is 128 cm³/mol. The summed E-state index contributed by atoms with van der Waals surface area (Å²) in [6.45, 7) is 6.36. The molecule has 1 aliphatic rings. The van der Waals surface area contributed by atoms with Gasteiger partial charge < -0.3 is 9.47 Å². The van der Waals surface area contributed by atoms with Gasteiger partial charge in [-0.3, -0.25) is 9.59 Å². The molecule has 0 saturated carbocycles. The molecule has 4 rings (SSSR count). The number of rotatable bonds is 7. The molecule has 0 fully saturated rings. The molecular weight excluding hydrogens is 507 g/mol. The SMILES string of the molecule is C=CCOc1c(I)cc(/C=N\N2C(=O)c3cccc4cccc(c34)C2=O)cc1OCC. The Bertz CT molecular complexity index is 1180. The van der Waals surface area contributed by atoms with Gasteiger partial charge in [0.15, 0.2) is 11.5 Å². The van der Waals surface area contributed by atoms with Crippen LogP contribution >= 0.6 is 22.6 Å². The molecule has 1 aliphatic heterocycles. The Morgan fingerprint density at radius 3 is 2.35 bits per heavy atom. The van der Waals surface area contributed by atoms with E-state index in [1.165, 1.54) is 6.21 Å². The summed E-state index contributed by atoms with van der Waals surface area (Å²) in [5.74, 6) is 0.279. The van der Waals surface area contributed by atoms with E-state index >= 15 is 0 Å².